The molecule has 2 N–H and O–H groups in total. The molecule has 0 unspecified atom stereocenters. The van der Waals surface area contributed by atoms with Crippen LogP contribution < -0.4 is 5.73 Å². The van der Waals surface area contributed by atoms with Crippen LogP contribution >= 0.6 is 0 Å². The van der Waals surface area contributed by atoms with E-state index in [1.165, 1.54) is 5.56 Å². The Bertz CT molecular complexity index is 813. The number of aromatic nitrogens is 4. The highest BCUT2D eigenvalue weighted by molar-refractivity contribution is 5.93. The molecule has 7 heteroatoms. The molecule has 3 aromatic rings. The van der Waals surface area contributed by atoms with E-state index in [0.29, 0.717) is 18.1 Å². The maximum atomic E-state index is 11.1. The Morgan fingerprint density at radius 3 is 2.50 bits per heavy atom. The molecule has 0 spiro atoms. The van der Waals surface area contributed by atoms with E-state index in [-0.39, 0.29) is 0 Å². The molecule has 1 aromatic heterocycles. The summed E-state index contributed by atoms with van der Waals surface area (Å²) in [5.74, 6) is 0.0554. The molecule has 0 saturated carbocycles. The van der Waals surface area contributed by atoms with Gasteiger partial charge < -0.3 is 5.73 Å². The van der Waals surface area contributed by atoms with Crippen LogP contribution in [0.4, 0.5) is 0 Å². The van der Waals surface area contributed by atoms with Crippen LogP contribution in [-0.2, 0) is 13.2 Å². The van der Waals surface area contributed by atoms with Crippen molar-refractivity contribution >= 4 is 5.91 Å². The Hall–Kier alpha value is -3.06. The van der Waals surface area contributed by atoms with Gasteiger partial charge in [0, 0.05) is 17.7 Å². The summed E-state index contributed by atoms with van der Waals surface area (Å²) in [6.07, 6.45) is 0. The Morgan fingerprint density at radius 2 is 1.83 bits per heavy atom. The fraction of sp³-hybridized carbons (Fsp3) is 0.176. The number of nitrogens with zero attached hydrogens (tertiary/aromatic N) is 5. The van der Waals surface area contributed by atoms with Gasteiger partial charge in [0.05, 0.1) is 0 Å². The number of rotatable bonds is 6. The molecule has 122 valence electrons. The Balaban J connectivity index is 1.65. The van der Waals surface area contributed by atoms with Crippen LogP contribution in [0.5, 0.6) is 0 Å². The summed E-state index contributed by atoms with van der Waals surface area (Å²) in [4.78, 5) is 14.7. The SMILES string of the molecule is CN(Cc1ccccc1)Cn1nnc(-c2ccc(C(N)=O)cc2)n1. The molecule has 1 amide bonds. The molecule has 0 saturated heterocycles. The zero-order valence-corrected chi connectivity index (χ0v) is 13.3. The molecule has 0 bridgehead atoms. The van der Waals surface area contributed by atoms with E-state index in [9.17, 15) is 4.79 Å². The van der Waals surface area contributed by atoms with Gasteiger partial charge in [-0.25, -0.2) is 0 Å². The number of primary amides is 1. The van der Waals surface area contributed by atoms with E-state index in [0.717, 1.165) is 12.1 Å². The van der Waals surface area contributed by atoms with Crippen LogP contribution in [0, 0.1) is 0 Å². The Labute approximate surface area is 139 Å². The molecule has 24 heavy (non-hydrogen) atoms. The van der Waals surface area contributed by atoms with Crippen LogP contribution in [0.3, 0.4) is 0 Å². The first-order chi connectivity index (χ1) is 11.6. The molecule has 2 aromatic carbocycles. The molecule has 0 atom stereocenters. The number of hydrogen-bond donors (Lipinski definition) is 1. The van der Waals surface area contributed by atoms with E-state index < -0.39 is 5.91 Å². The summed E-state index contributed by atoms with van der Waals surface area (Å²) < 4.78 is 0. The average molecular weight is 322 g/mol. The van der Waals surface area contributed by atoms with Crippen LogP contribution in [0.15, 0.2) is 54.6 Å². The standard InChI is InChI=1S/C17H18N6O/c1-22(11-13-5-3-2-4-6-13)12-23-20-17(19-21-23)15-9-7-14(8-10-15)16(18)24/h2-10H,11-12H2,1H3,(H2,18,24). The second kappa shape index (κ2) is 7.01. The zero-order valence-electron chi connectivity index (χ0n) is 13.3. The van der Waals surface area contributed by atoms with Gasteiger partial charge in [-0.05, 0) is 30.0 Å². The summed E-state index contributed by atoms with van der Waals surface area (Å²) >= 11 is 0. The van der Waals surface area contributed by atoms with Crippen LogP contribution in [0.1, 0.15) is 15.9 Å². The summed E-state index contributed by atoms with van der Waals surface area (Å²) in [5.41, 5.74) is 7.70. The number of nitrogens with two attached hydrogens (primary N) is 1. The number of tetrazole rings is 1. The lowest BCUT2D eigenvalue weighted by Gasteiger charge is -2.15. The lowest BCUT2D eigenvalue weighted by molar-refractivity contribution is 0.100. The van der Waals surface area contributed by atoms with E-state index in [1.54, 1.807) is 29.1 Å². The molecular weight excluding hydrogens is 304 g/mol. The normalized spacial score (nSPS) is 10.9. The van der Waals surface area contributed by atoms with Gasteiger partial charge in [-0.3, -0.25) is 9.69 Å². The zero-order chi connectivity index (χ0) is 16.9. The van der Waals surface area contributed by atoms with E-state index in [2.05, 4.69) is 32.4 Å². The average Bonchev–Trinajstić information content (AvgIpc) is 3.04. The summed E-state index contributed by atoms with van der Waals surface area (Å²) in [5, 5.41) is 12.5. The van der Waals surface area contributed by atoms with Crippen molar-refractivity contribution in [2.45, 2.75) is 13.2 Å². The molecule has 0 aliphatic rings. The molecule has 0 fully saturated rings. The van der Waals surface area contributed by atoms with Gasteiger partial charge in [0.1, 0.15) is 6.67 Å². The molecule has 7 nitrogen and oxygen atoms in total. The van der Waals surface area contributed by atoms with E-state index in [1.807, 2.05) is 25.2 Å². The lowest BCUT2D eigenvalue weighted by atomic mass is 10.1. The quantitative estimate of drug-likeness (QED) is 0.743. The van der Waals surface area contributed by atoms with Gasteiger partial charge in [0.25, 0.3) is 0 Å². The van der Waals surface area contributed by atoms with Crippen molar-refractivity contribution in [3.63, 3.8) is 0 Å². The second-order valence-electron chi connectivity index (χ2n) is 5.57. The fourth-order valence-electron chi connectivity index (χ4n) is 2.36. The third-order valence-electron chi connectivity index (χ3n) is 3.54. The molecule has 0 aliphatic heterocycles. The number of hydrogen-bond acceptors (Lipinski definition) is 5. The first kappa shape index (κ1) is 15.8. The first-order valence-corrected chi connectivity index (χ1v) is 7.52. The molecule has 3 rings (SSSR count). The Kier molecular flexibility index (Phi) is 4.62. The smallest absolute Gasteiger partial charge is 0.248 e. The van der Waals surface area contributed by atoms with E-state index in [4.69, 9.17) is 5.73 Å². The van der Waals surface area contributed by atoms with Gasteiger partial charge in [-0.1, -0.05) is 42.5 Å². The van der Waals surface area contributed by atoms with Gasteiger partial charge in [0.15, 0.2) is 0 Å². The lowest BCUT2D eigenvalue weighted by Crippen LogP contribution is -2.23. The van der Waals surface area contributed by atoms with E-state index >= 15 is 0 Å². The third-order valence-corrected chi connectivity index (χ3v) is 3.54. The Morgan fingerprint density at radius 1 is 1.12 bits per heavy atom. The largest absolute Gasteiger partial charge is 0.366 e. The minimum Gasteiger partial charge on any atom is -0.366 e. The van der Waals surface area contributed by atoms with Gasteiger partial charge in [-0.2, -0.15) is 0 Å². The van der Waals surface area contributed by atoms with Gasteiger partial charge >= 0.3 is 0 Å². The fourth-order valence-corrected chi connectivity index (χ4v) is 2.36. The topological polar surface area (TPSA) is 89.9 Å². The monoisotopic (exact) mass is 322 g/mol. The summed E-state index contributed by atoms with van der Waals surface area (Å²) in [6, 6.07) is 17.0. The third kappa shape index (κ3) is 3.82. The first-order valence-electron chi connectivity index (χ1n) is 7.52. The number of carbonyl (C=O) groups excluding carboxylic acids is 1. The van der Waals surface area contributed by atoms with Crippen molar-refractivity contribution < 1.29 is 4.79 Å². The maximum absolute atomic E-state index is 11.1. The summed E-state index contributed by atoms with van der Waals surface area (Å²) in [6.45, 7) is 1.33. The van der Waals surface area contributed by atoms with Crippen molar-refractivity contribution in [3.05, 3.63) is 65.7 Å². The highest BCUT2D eigenvalue weighted by atomic mass is 16.1. The minimum absolute atomic E-state index is 0.453. The maximum Gasteiger partial charge on any atom is 0.248 e. The van der Waals surface area contributed by atoms with Crippen LogP contribution in [0.2, 0.25) is 0 Å². The van der Waals surface area contributed by atoms with Crippen molar-refractivity contribution in [1.82, 2.24) is 25.1 Å². The molecule has 1 heterocycles. The number of amides is 1. The molecule has 0 aliphatic carbocycles. The predicted molar refractivity (Wildman–Crippen MR) is 89.7 cm³/mol. The summed E-state index contributed by atoms with van der Waals surface area (Å²) in [7, 11) is 2.00. The van der Waals surface area contributed by atoms with Crippen LogP contribution in [-0.4, -0.2) is 38.1 Å². The number of benzene rings is 2. The highest BCUT2D eigenvalue weighted by Crippen LogP contribution is 2.14. The van der Waals surface area contributed by atoms with Crippen molar-refractivity contribution in [2.75, 3.05) is 7.05 Å². The van der Waals surface area contributed by atoms with Gasteiger partial charge in [0.2, 0.25) is 11.7 Å². The second-order valence-corrected chi connectivity index (χ2v) is 5.57. The predicted octanol–water partition coefficient (Wildman–Crippen LogP) is 1.53. The molecule has 0 radical (unpaired) electrons. The molecular formula is C17H18N6O. The van der Waals surface area contributed by atoms with Crippen molar-refractivity contribution in [1.29, 1.82) is 0 Å². The number of carbonyl (C=O) groups is 1. The van der Waals surface area contributed by atoms with Crippen molar-refractivity contribution in [3.8, 4) is 11.4 Å². The highest BCUT2D eigenvalue weighted by Gasteiger charge is 2.09. The van der Waals surface area contributed by atoms with Gasteiger partial charge in [-0.15, -0.1) is 15.0 Å². The minimum atomic E-state index is -0.458. The van der Waals surface area contributed by atoms with Crippen molar-refractivity contribution in [2.24, 2.45) is 5.73 Å². The van der Waals surface area contributed by atoms with Crippen LogP contribution in [0.25, 0.3) is 11.4 Å².